The Bertz CT molecular complexity index is 1420. The number of ether oxygens (including phenoxy) is 1. The van der Waals surface area contributed by atoms with Gasteiger partial charge in [-0.05, 0) is 49.9 Å². The van der Waals surface area contributed by atoms with Gasteiger partial charge in [-0.3, -0.25) is 9.55 Å². The van der Waals surface area contributed by atoms with Crippen LogP contribution in [-0.4, -0.2) is 69.7 Å². The third-order valence-corrected chi connectivity index (χ3v) is 8.91. The Balaban J connectivity index is 1.94. The van der Waals surface area contributed by atoms with Crippen LogP contribution < -0.4 is 21.1 Å². The number of hydrogen-bond acceptors (Lipinski definition) is 10. The molecular formula is C25H36ClN7O5S2. The van der Waals surface area contributed by atoms with Crippen LogP contribution in [0.3, 0.4) is 0 Å². The number of allylic oxidation sites excluding steroid dienone is 1. The lowest BCUT2D eigenvalue weighted by molar-refractivity contribution is 0.240. The molecular weight excluding hydrogens is 578 g/mol. The zero-order chi connectivity index (χ0) is 29.8. The third-order valence-electron chi connectivity index (χ3n) is 5.89. The highest BCUT2D eigenvalue weighted by Gasteiger charge is 2.33. The molecule has 1 unspecified atom stereocenters. The molecule has 0 amide bonds. The van der Waals surface area contributed by atoms with E-state index in [2.05, 4.69) is 25.6 Å². The Morgan fingerprint density at radius 1 is 1.35 bits per heavy atom. The molecule has 0 spiro atoms. The number of aryl methyl sites for hydroxylation is 1. The fraction of sp³-hybridized carbons (Fsp3) is 0.480. The summed E-state index contributed by atoms with van der Waals surface area (Å²) in [5.74, 6) is 0.717. The average molecular weight is 614 g/mol. The summed E-state index contributed by atoms with van der Waals surface area (Å²) in [6.07, 6.45) is 2.55. The molecule has 1 aromatic heterocycles. The molecule has 15 heteroatoms. The minimum atomic E-state index is -3.76. The Hall–Kier alpha value is -2.78. The summed E-state index contributed by atoms with van der Waals surface area (Å²) in [7, 11) is -2.27. The van der Waals surface area contributed by atoms with E-state index in [0.29, 0.717) is 24.5 Å². The normalized spacial score (nSPS) is 16.2. The van der Waals surface area contributed by atoms with Crippen LogP contribution in [0.2, 0.25) is 5.02 Å². The molecule has 0 radical (unpaired) electrons. The molecule has 1 fully saturated rings. The van der Waals surface area contributed by atoms with Crippen molar-refractivity contribution in [1.29, 1.82) is 0 Å². The summed E-state index contributed by atoms with van der Waals surface area (Å²) in [6.45, 7) is 10.3. The highest BCUT2D eigenvalue weighted by Crippen LogP contribution is 2.38. The Morgan fingerprint density at radius 3 is 2.60 bits per heavy atom. The van der Waals surface area contributed by atoms with Crippen LogP contribution in [0, 0.1) is 12.8 Å². The van der Waals surface area contributed by atoms with Crippen molar-refractivity contribution in [3.05, 3.63) is 45.2 Å². The highest BCUT2D eigenvalue weighted by molar-refractivity contribution is 7.95. The molecule has 2 aromatic rings. The lowest BCUT2D eigenvalue weighted by Crippen LogP contribution is -2.45. The number of nitrogens with zero attached hydrogens (tertiary/aromatic N) is 4. The molecule has 0 aliphatic carbocycles. The first kappa shape index (κ1) is 31.7. The zero-order valence-corrected chi connectivity index (χ0v) is 25.7. The molecule has 1 aromatic carbocycles. The molecule has 3 rings (SSSR count). The maximum Gasteiger partial charge on any atom is 0.234 e. The number of anilines is 3. The van der Waals surface area contributed by atoms with Gasteiger partial charge in [-0.2, -0.15) is 9.29 Å². The number of aromatic nitrogens is 2. The molecule has 1 saturated heterocycles. The lowest BCUT2D eigenvalue weighted by atomic mass is 9.89. The zero-order valence-electron chi connectivity index (χ0n) is 23.3. The molecule has 12 nitrogen and oxygen atoms in total. The number of nitrogens with two attached hydrogens (primary N) is 1. The van der Waals surface area contributed by atoms with Crippen LogP contribution in [0.5, 0.6) is 5.75 Å². The molecule has 2 heterocycles. The van der Waals surface area contributed by atoms with Gasteiger partial charge in [0.05, 0.1) is 29.4 Å². The maximum absolute atomic E-state index is 12.7. The minimum Gasteiger partial charge on any atom is -0.489 e. The second-order valence-electron chi connectivity index (χ2n) is 10.1. The van der Waals surface area contributed by atoms with Crippen molar-refractivity contribution >= 4 is 56.4 Å². The molecule has 1 atom stereocenters. The van der Waals surface area contributed by atoms with Crippen LogP contribution in [-0.2, 0) is 21.1 Å². The van der Waals surface area contributed by atoms with Gasteiger partial charge < -0.3 is 21.1 Å². The highest BCUT2D eigenvalue weighted by atomic mass is 35.5. The molecule has 0 saturated carbocycles. The third kappa shape index (κ3) is 7.91. The lowest BCUT2D eigenvalue weighted by Gasteiger charge is -2.37. The van der Waals surface area contributed by atoms with Crippen LogP contribution >= 0.6 is 11.6 Å². The number of hydrogen-bond donors (Lipinski definition) is 4. The Labute approximate surface area is 242 Å². The number of rotatable bonds is 12. The van der Waals surface area contributed by atoms with Gasteiger partial charge in [0.15, 0.2) is 20.7 Å². The smallest absolute Gasteiger partial charge is 0.234 e. The van der Waals surface area contributed by atoms with E-state index in [-0.39, 0.29) is 51.2 Å². The minimum absolute atomic E-state index is 0.0390. The van der Waals surface area contributed by atoms with Crippen molar-refractivity contribution in [1.82, 2.24) is 14.3 Å². The second-order valence-corrected chi connectivity index (χ2v) is 13.5. The first-order valence-corrected chi connectivity index (χ1v) is 15.7. The first-order valence-electron chi connectivity index (χ1n) is 12.6. The summed E-state index contributed by atoms with van der Waals surface area (Å²) >= 11 is 4.36. The van der Waals surface area contributed by atoms with Crippen LogP contribution in [0.15, 0.2) is 34.0 Å². The van der Waals surface area contributed by atoms with E-state index in [4.69, 9.17) is 22.1 Å². The molecule has 220 valence electrons. The van der Waals surface area contributed by atoms with Gasteiger partial charge in [0, 0.05) is 32.3 Å². The molecule has 40 heavy (non-hydrogen) atoms. The van der Waals surface area contributed by atoms with Crippen molar-refractivity contribution in [2.24, 2.45) is 16.6 Å². The van der Waals surface area contributed by atoms with E-state index < -0.39 is 21.1 Å². The van der Waals surface area contributed by atoms with Crippen molar-refractivity contribution < 1.29 is 21.9 Å². The molecule has 1 aliphatic heterocycles. The van der Waals surface area contributed by atoms with E-state index in [1.54, 1.807) is 13.8 Å². The SMILES string of the molecule is CN=CC(Nc1nc(Nc2cc(C)c(C3CN(S(=O)O)C3)cc2OC(C)C)ncc1Cl)=C(N)S(=O)(=O)CC(C)C. The van der Waals surface area contributed by atoms with E-state index >= 15 is 0 Å². The summed E-state index contributed by atoms with van der Waals surface area (Å²) < 4.78 is 53.7. The summed E-state index contributed by atoms with van der Waals surface area (Å²) in [6, 6.07) is 3.83. The second kappa shape index (κ2) is 13.3. The number of nitrogens with one attached hydrogen (secondary N) is 2. The molecule has 0 bridgehead atoms. The first-order chi connectivity index (χ1) is 18.7. The molecule has 5 N–H and O–H groups in total. The predicted octanol–water partition coefficient (Wildman–Crippen LogP) is 3.82. The van der Waals surface area contributed by atoms with E-state index in [0.717, 1.165) is 11.1 Å². The van der Waals surface area contributed by atoms with Crippen molar-refractivity contribution in [2.75, 3.05) is 36.5 Å². The topological polar surface area (TPSA) is 172 Å². The predicted molar refractivity (Wildman–Crippen MR) is 160 cm³/mol. The fourth-order valence-electron chi connectivity index (χ4n) is 4.10. The van der Waals surface area contributed by atoms with Gasteiger partial charge in [0.2, 0.25) is 17.2 Å². The van der Waals surface area contributed by atoms with Crippen molar-refractivity contribution in [3.63, 3.8) is 0 Å². The molecule has 1 aliphatic rings. The van der Waals surface area contributed by atoms with E-state index in [9.17, 15) is 17.2 Å². The number of benzene rings is 1. The van der Waals surface area contributed by atoms with Crippen molar-refractivity contribution in [2.45, 2.75) is 46.6 Å². The van der Waals surface area contributed by atoms with Gasteiger partial charge in [-0.25, -0.2) is 17.6 Å². The fourth-order valence-corrected chi connectivity index (χ4v) is 6.35. The van der Waals surface area contributed by atoms with Gasteiger partial charge >= 0.3 is 0 Å². The van der Waals surface area contributed by atoms with Crippen molar-refractivity contribution in [3.8, 4) is 5.75 Å². The van der Waals surface area contributed by atoms with Gasteiger partial charge in [-0.15, -0.1) is 0 Å². The maximum atomic E-state index is 12.7. The van der Waals surface area contributed by atoms with E-state index in [1.165, 1.54) is 23.8 Å². The summed E-state index contributed by atoms with van der Waals surface area (Å²) in [4.78, 5) is 12.6. The monoisotopic (exact) mass is 613 g/mol. The van der Waals surface area contributed by atoms with E-state index in [1.807, 2.05) is 32.9 Å². The number of sulfone groups is 1. The quantitative estimate of drug-likeness (QED) is 0.204. The number of halogens is 1. The van der Waals surface area contributed by atoms with Crippen LogP contribution in [0.4, 0.5) is 17.5 Å². The summed E-state index contributed by atoms with van der Waals surface area (Å²) in [5, 5.41) is 5.82. The van der Waals surface area contributed by atoms with Gasteiger partial charge in [0.1, 0.15) is 10.8 Å². The largest absolute Gasteiger partial charge is 0.489 e. The number of aliphatic imine (C=N–C) groups is 1. The summed E-state index contributed by atoms with van der Waals surface area (Å²) in [5.41, 5.74) is 8.67. The van der Waals surface area contributed by atoms with Crippen LogP contribution in [0.1, 0.15) is 44.7 Å². The standard InChI is InChI=1S/C25H36ClN7O5S2/c1-14(2)13-40(36,37)23(27)21(10-28-6)30-24-19(26)9-29-25(32-24)31-20-7-16(5)18(8-22(20)38-15(3)4)17-11-33(12-17)39(34)35/h7-10,14-15,17H,11-13,27H2,1-6H3,(H,34,35)(H2,29,30,31,32). The van der Waals surface area contributed by atoms with Gasteiger partial charge in [0.25, 0.3) is 0 Å². The Kier molecular flexibility index (Phi) is 10.5. The van der Waals surface area contributed by atoms with Gasteiger partial charge in [-0.1, -0.05) is 25.4 Å². The van der Waals surface area contributed by atoms with Crippen LogP contribution in [0.25, 0.3) is 0 Å². The average Bonchev–Trinajstić information content (AvgIpc) is 2.80. The Morgan fingerprint density at radius 2 is 2.02 bits per heavy atom.